The lowest BCUT2D eigenvalue weighted by Gasteiger charge is -2.22. The molecule has 0 radical (unpaired) electrons. The molecule has 0 aromatic heterocycles. The lowest BCUT2D eigenvalue weighted by atomic mass is 9.83. The number of hydrogen-bond donors (Lipinski definition) is 0. The Bertz CT molecular complexity index is 808. The van der Waals surface area contributed by atoms with Crippen molar-refractivity contribution in [3.8, 4) is 0 Å². The number of methoxy groups -OCH3 is 3. The molecule has 0 spiro atoms. The molecule has 0 unspecified atom stereocenters. The zero-order chi connectivity index (χ0) is 22.5. The number of rotatable bonds is 9. The van der Waals surface area contributed by atoms with Gasteiger partial charge in [0.25, 0.3) is 0 Å². The predicted octanol–water partition coefficient (Wildman–Crippen LogP) is 3.76. The Kier molecular flexibility index (Phi) is 8.04. The second-order valence-electron chi connectivity index (χ2n) is 7.84. The lowest BCUT2D eigenvalue weighted by Crippen LogP contribution is -2.42. The van der Waals surface area contributed by atoms with E-state index in [0.717, 1.165) is 53.5 Å². The fraction of sp³-hybridized carbons (Fsp3) is 0.625. The number of unbranched alkanes of at least 4 members (excludes halogenated alkanes) is 2. The van der Waals surface area contributed by atoms with Crippen LogP contribution in [0.5, 0.6) is 0 Å². The molecule has 0 saturated carbocycles. The first-order chi connectivity index (χ1) is 14.4. The minimum Gasteiger partial charge on any atom is -0.468 e. The van der Waals surface area contributed by atoms with E-state index in [1.807, 2.05) is 13.8 Å². The number of hydrogen-bond acceptors (Lipinski definition) is 6. The van der Waals surface area contributed by atoms with Crippen molar-refractivity contribution in [2.24, 2.45) is 5.41 Å². The minimum absolute atomic E-state index is 0.178. The Labute approximate surface area is 179 Å². The van der Waals surface area contributed by atoms with E-state index in [1.165, 1.54) is 21.3 Å². The summed E-state index contributed by atoms with van der Waals surface area (Å²) in [5, 5.41) is 0. The van der Waals surface area contributed by atoms with E-state index < -0.39 is 17.4 Å². The maximum atomic E-state index is 12.9. The predicted molar refractivity (Wildman–Crippen MR) is 114 cm³/mol. The quantitative estimate of drug-likeness (QED) is 0.263. The number of ether oxygens (including phenoxy) is 3. The van der Waals surface area contributed by atoms with Crippen molar-refractivity contribution in [2.75, 3.05) is 21.3 Å². The van der Waals surface area contributed by atoms with Crippen LogP contribution in [0.1, 0.15) is 78.2 Å². The van der Waals surface area contributed by atoms with Gasteiger partial charge in [-0.25, -0.2) is 4.79 Å². The molecule has 0 saturated heterocycles. The van der Waals surface area contributed by atoms with Gasteiger partial charge in [0.2, 0.25) is 0 Å². The zero-order valence-electron chi connectivity index (χ0n) is 19.1. The van der Waals surface area contributed by atoms with E-state index in [1.54, 1.807) is 0 Å². The normalized spacial score (nSPS) is 14.2. The summed E-state index contributed by atoms with van der Waals surface area (Å²) in [6.45, 7) is 6.17. The fourth-order valence-electron chi connectivity index (χ4n) is 4.88. The highest BCUT2D eigenvalue weighted by atomic mass is 16.5. The topological polar surface area (TPSA) is 78.9 Å². The summed E-state index contributed by atoms with van der Waals surface area (Å²) in [5.41, 5.74) is 4.00. The summed E-state index contributed by atoms with van der Waals surface area (Å²) < 4.78 is 15.2. The second-order valence-corrected chi connectivity index (χ2v) is 7.84. The van der Waals surface area contributed by atoms with Gasteiger partial charge in [-0.3, -0.25) is 9.59 Å². The van der Waals surface area contributed by atoms with Gasteiger partial charge in [-0.1, -0.05) is 33.6 Å². The molecule has 0 atom stereocenters. The Hall–Kier alpha value is -2.37. The summed E-state index contributed by atoms with van der Waals surface area (Å²) in [4.78, 5) is 38.4. The summed E-state index contributed by atoms with van der Waals surface area (Å²) in [5.74, 6) is -1.55. The molecule has 30 heavy (non-hydrogen) atoms. The van der Waals surface area contributed by atoms with Crippen LogP contribution in [0.3, 0.4) is 0 Å². The Morgan fingerprint density at radius 2 is 1.30 bits per heavy atom. The number of esters is 3. The van der Waals surface area contributed by atoms with Crippen molar-refractivity contribution in [2.45, 2.75) is 72.1 Å². The molecule has 6 heteroatoms. The first kappa shape index (κ1) is 23.9. The number of fused-ring (bicyclic) bond motifs is 1. The van der Waals surface area contributed by atoms with Crippen LogP contribution in [-0.4, -0.2) is 39.2 Å². The highest BCUT2D eigenvalue weighted by Crippen LogP contribution is 2.45. The van der Waals surface area contributed by atoms with E-state index in [2.05, 4.69) is 6.92 Å². The van der Waals surface area contributed by atoms with Crippen LogP contribution in [-0.2, 0) is 55.9 Å². The highest BCUT2D eigenvalue weighted by Gasteiger charge is 2.54. The third-order valence-corrected chi connectivity index (χ3v) is 6.30. The van der Waals surface area contributed by atoms with Crippen molar-refractivity contribution in [1.29, 1.82) is 0 Å². The number of carbonyl (C=O) groups is 3. The van der Waals surface area contributed by atoms with Gasteiger partial charge in [-0.05, 0) is 53.5 Å². The molecule has 0 bridgehead atoms. The van der Waals surface area contributed by atoms with Gasteiger partial charge >= 0.3 is 17.9 Å². The molecule has 0 heterocycles. The molecule has 2 rings (SSSR count). The van der Waals surface area contributed by atoms with E-state index >= 15 is 0 Å². The van der Waals surface area contributed by atoms with Crippen LogP contribution >= 0.6 is 0 Å². The standard InChI is InChI=1S/C24H34O6/c1-7-10-11-12-17-15(8-2)18-13-24(22(26)29-5,23(27)30-6)14-19(18)16(9-3)20(17)21(25)28-4/h7-14H2,1-6H3. The molecule has 0 fully saturated rings. The zero-order valence-corrected chi connectivity index (χ0v) is 19.1. The molecule has 0 N–H and O–H groups in total. The third-order valence-electron chi connectivity index (χ3n) is 6.30. The van der Waals surface area contributed by atoms with Gasteiger partial charge in [-0.2, -0.15) is 0 Å². The van der Waals surface area contributed by atoms with Gasteiger partial charge in [0, 0.05) is 12.8 Å². The Balaban J connectivity index is 2.80. The fourth-order valence-corrected chi connectivity index (χ4v) is 4.88. The van der Waals surface area contributed by atoms with Crippen LogP contribution in [0.4, 0.5) is 0 Å². The SMILES string of the molecule is CCCCCc1c(CC)c2c(c(CC)c1C(=O)OC)CC(C(=O)OC)(C(=O)OC)C2. The molecule has 1 aliphatic rings. The number of carbonyl (C=O) groups excluding carboxylic acids is 3. The molecule has 0 amide bonds. The third kappa shape index (κ3) is 3.96. The van der Waals surface area contributed by atoms with E-state index in [-0.39, 0.29) is 18.8 Å². The largest absolute Gasteiger partial charge is 0.468 e. The van der Waals surface area contributed by atoms with Crippen LogP contribution in [0, 0.1) is 5.41 Å². The van der Waals surface area contributed by atoms with Crippen molar-refractivity contribution < 1.29 is 28.6 Å². The van der Waals surface area contributed by atoms with Gasteiger partial charge in [0.15, 0.2) is 5.41 Å². The van der Waals surface area contributed by atoms with Gasteiger partial charge in [0.05, 0.1) is 26.9 Å². The van der Waals surface area contributed by atoms with Crippen LogP contribution in [0.25, 0.3) is 0 Å². The van der Waals surface area contributed by atoms with Crippen LogP contribution < -0.4 is 0 Å². The first-order valence-corrected chi connectivity index (χ1v) is 10.8. The van der Waals surface area contributed by atoms with Crippen molar-refractivity contribution in [3.05, 3.63) is 33.4 Å². The molecule has 6 nitrogen and oxygen atoms in total. The monoisotopic (exact) mass is 418 g/mol. The van der Waals surface area contributed by atoms with Crippen molar-refractivity contribution >= 4 is 17.9 Å². The van der Waals surface area contributed by atoms with E-state index in [4.69, 9.17) is 14.2 Å². The van der Waals surface area contributed by atoms with Crippen LogP contribution in [0.2, 0.25) is 0 Å². The average molecular weight is 419 g/mol. The minimum atomic E-state index is -1.41. The summed E-state index contributed by atoms with van der Waals surface area (Å²) in [7, 11) is 3.96. The summed E-state index contributed by atoms with van der Waals surface area (Å²) >= 11 is 0. The van der Waals surface area contributed by atoms with E-state index in [0.29, 0.717) is 18.4 Å². The molecular weight excluding hydrogens is 384 g/mol. The molecule has 1 aromatic rings. The van der Waals surface area contributed by atoms with Gasteiger partial charge in [-0.15, -0.1) is 0 Å². The van der Waals surface area contributed by atoms with Crippen molar-refractivity contribution in [1.82, 2.24) is 0 Å². The second kappa shape index (κ2) is 10.1. The molecule has 1 aliphatic carbocycles. The summed E-state index contributed by atoms with van der Waals surface area (Å²) in [6, 6.07) is 0. The first-order valence-electron chi connectivity index (χ1n) is 10.8. The van der Waals surface area contributed by atoms with Gasteiger partial charge < -0.3 is 14.2 Å². The Morgan fingerprint density at radius 3 is 1.73 bits per heavy atom. The molecule has 1 aromatic carbocycles. The maximum absolute atomic E-state index is 12.9. The Morgan fingerprint density at radius 1 is 0.767 bits per heavy atom. The van der Waals surface area contributed by atoms with E-state index in [9.17, 15) is 14.4 Å². The van der Waals surface area contributed by atoms with Crippen molar-refractivity contribution in [3.63, 3.8) is 0 Å². The summed E-state index contributed by atoms with van der Waals surface area (Å²) in [6.07, 6.45) is 5.61. The molecule has 0 aliphatic heterocycles. The molecule has 166 valence electrons. The highest BCUT2D eigenvalue weighted by molar-refractivity contribution is 6.02. The smallest absolute Gasteiger partial charge is 0.338 e. The number of benzene rings is 1. The average Bonchev–Trinajstić information content (AvgIpc) is 3.17. The maximum Gasteiger partial charge on any atom is 0.338 e. The lowest BCUT2D eigenvalue weighted by molar-refractivity contribution is -0.168. The molecular formula is C24H34O6. The van der Waals surface area contributed by atoms with Gasteiger partial charge in [0.1, 0.15) is 0 Å². The van der Waals surface area contributed by atoms with Crippen LogP contribution in [0.15, 0.2) is 0 Å².